The molecule has 21 rings (SSSR count). The molecule has 4 unspecified atom stereocenters. The lowest BCUT2D eigenvalue weighted by molar-refractivity contribution is -0.137. The van der Waals surface area contributed by atoms with Crippen molar-refractivity contribution in [2.45, 2.75) is 103 Å². The maximum absolute atomic E-state index is 12.8. The monoisotopic (exact) mass is 2120 g/mol. The molecule has 0 aliphatic carbocycles. The standard InChI is InChI=1S/C25H26ClN7OS.C25H27ClN6O2S.C22H16N2S.C21H19N3OS.C20H14F3N3OS/c1-15(34)30-22-10-17(8-9-27-22)21-11-20(24(35-21)25-28-14-29-31-25)23(16-4-6-18(26)7-5-16)33-12-19(13-33)32(2)3;1-16(33)30-22-13-17(9-11-27-22)21-14-20(23(35-21)24-28-15-29-31-24)25(34,10-4-12-32(2)3)18-5-7-19(26)8-6-18;1-15-20(14-16-7-8-17-5-3-4-6-19(17)13-16)21(23-2)22(25-15)18-9-11-24-12-10-18;1-13-3-4-16(14(2)11-13)20(25)17-12-19(15-5-8-22-9-6-15)26-21(17)18-7-10-23-24-18;21-20(22,23)14-3-1-13(2-4-14)18(27)15-11-17(12-5-8-24-9-6-12)28-19(15)16-7-10-25-26-16/h4-11,14,19,23H,12-13H2,1-3H3,(H,27,30,34)(H,28,29,31);5-9,11,13-15,34H,4,10,12H2,1-3H3,(H,27,30,33)(H,28,29,31);3-13H,14H2,1H3;3-6,8-12,20,25H,7H2,1-2H3;1-6,8-11,18,27H,7H2. The van der Waals surface area contributed by atoms with E-state index in [4.69, 9.17) is 29.8 Å². The Kier molecular flexibility index (Phi) is 34.1. The van der Waals surface area contributed by atoms with E-state index in [1.54, 1.807) is 108 Å². The van der Waals surface area contributed by atoms with Gasteiger partial charge in [0, 0.05) is 159 Å². The highest BCUT2D eigenvalue weighted by molar-refractivity contribution is 7.20. The number of benzene rings is 6. The van der Waals surface area contributed by atoms with Crippen LogP contribution in [0.15, 0.2) is 301 Å². The Hall–Kier alpha value is -14.7. The van der Waals surface area contributed by atoms with E-state index in [1.807, 2.05) is 130 Å². The molecule has 6 aromatic carbocycles. The van der Waals surface area contributed by atoms with Gasteiger partial charge in [0.15, 0.2) is 11.6 Å². The first kappa shape index (κ1) is 106. The van der Waals surface area contributed by atoms with E-state index in [1.165, 1.54) is 93.6 Å². The molecule has 754 valence electrons. The Balaban J connectivity index is 0.000000128. The number of carbonyl (C=O) groups is 2. The minimum Gasteiger partial charge on any atom is -0.384 e. The predicted molar refractivity (Wildman–Crippen MR) is 594 cm³/mol. The van der Waals surface area contributed by atoms with Crippen molar-refractivity contribution < 1.29 is 38.1 Å². The number of hydrogen-bond acceptors (Lipinski definition) is 26. The van der Waals surface area contributed by atoms with Crippen molar-refractivity contribution in [3.05, 3.63) is 389 Å². The smallest absolute Gasteiger partial charge is 0.384 e. The summed E-state index contributed by atoms with van der Waals surface area (Å²) in [5.74, 6) is 1.95. The molecule has 3 aliphatic rings. The molecule has 36 heteroatoms. The fraction of sp³-hybridized carbons (Fsp3) is 0.204. The summed E-state index contributed by atoms with van der Waals surface area (Å²) in [6.45, 7) is 19.6. The van der Waals surface area contributed by atoms with E-state index >= 15 is 0 Å². The van der Waals surface area contributed by atoms with Crippen LogP contribution in [0.4, 0.5) is 30.5 Å². The lowest BCUT2D eigenvalue weighted by Gasteiger charge is -2.47. The number of aliphatic hydroxyl groups excluding tert-OH is 2. The number of nitrogens with zero attached hydrogens (tertiary/aromatic N) is 17. The molecule has 0 bridgehead atoms. The van der Waals surface area contributed by atoms with E-state index in [-0.39, 0.29) is 17.9 Å². The number of H-pyrrole nitrogens is 2. The number of amides is 2. The van der Waals surface area contributed by atoms with Gasteiger partial charge in [-0.25, -0.2) is 24.8 Å². The number of fused-ring (bicyclic) bond motifs is 1. The van der Waals surface area contributed by atoms with Gasteiger partial charge in [-0.1, -0.05) is 126 Å². The van der Waals surface area contributed by atoms with Crippen LogP contribution < -0.4 is 10.6 Å². The molecular formula is C113H102Cl2F3N21O5S5. The lowest BCUT2D eigenvalue weighted by atomic mass is 9.82. The Morgan fingerprint density at radius 2 is 1.02 bits per heavy atom. The van der Waals surface area contributed by atoms with E-state index < -0.39 is 29.5 Å². The molecule has 0 radical (unpaired) electrons. The fourth-order valence-electron chi connectivity index (χ4n) is 17.6. The first-order valence-electron chi connectivity index (χ1n) is 47.5. The number of likely N-dealkylation sites (tertiary alicyclic amines) is 1. The summed E-state index contributed by atoms with van der Waals surface area (Å²) in [5.41, 5.74) is 16.6. The minimum absolute atomic E-state index is 0.0326. The Morgan fingerprint density at radius 3 is 1.54 bits per heavy atom. The predicted octanol–water partition coefficient (Wildman–Crippen LogP) is 25.5. The third-order valence-electron chi connectivity index (χ3n) is 25.2. The molecule has 7 N–H and O–H groups in total. The van der Waals surface area contributed by atoms with Crippen LogP contribution in [0.5, 0.6) is 0 Å². The summed E-state index contributed by atoms with van der Waals surface area (Å²) >= 11 is 20.3. The van der Waals surface area contributed by atoms with Gasteiger partial charge < -0.3 is 35.8 Å². The number of pyridine rings is 5. The summed E-state index contributed by atoms with van der Waals surface area (Å²) in [5, 5.41) is 74.0. The third kappa shape index (κ3) is 25.7. The zero-order chi connectivity index (χ0) is 105. The number of rotatable bonds is 27. The maximum atomic E-state index is 12.8. The summed E-state index contributed by atoms with van der Waals surface area (Å²) < 4.78 is 38.4. The number of thiophene rings is 5. The number of aromatic nitrogens is 11. The molecule has 12 aromatic heterocycles. The molecule has 4 atom stereocenters. The van der Waals surface area contributed by atoms with Gasteiger partial charge in [0.05, 0.1) is 49.1 Å². The van der Waals surface area contributed by atoms with Crippen molar-refractivity contribution in [2.24, 2.45) is 20.4 Å². The number of likely N-dealkylation sites (N-methyl/N-ethyl adjacent to an activating group) is 1. The third-order valence-corrected chi connectivity index (χ3v) is 31.8. The van der Waals surface area contributed by atoms with Gasteiger partial charge in [-0.15, -0.1) is 45.3 Å². The number of carbonyl (C=O) groups excluding carboxylic acids is 2. The van der Waals surface area contributed by atoms with E-state index in [2.05, 4.69) is 207 Å². The average molecular weight is 2120 g/mol. The second kappa shape index (κ2) is 48.1. The lowest BCUT2D eigenvalue weighted by Crippen LogP contribution is -2.58. The number of alkyl halides is 3. The zero-order valence-electron chi connectivity index (χ0n) is 82.4. The molecular weight excluding hydrogens is 2020 g/mol. The summed E-state index contributed by atoms with van der Waals surface area (Å²) in [6, 6.07) is 68.8. The van der Waals surface area contributed by atoms with Gasteiger partial charge in [-0.05, 0) is 284 Å². The largest absolute Gasteiger partial charge is 0.416 e. The van der Waals surface area contributed by atoms with Gasteiger partial charge in [0.1, 0.15) is 42.1 Å². The number of aromatic amines is 2. The maximum Gasteiger partial charge on any atom is 0.416 e. The second-order valence-electron chi connectivity index (χ2n) is 36.1. The van der Waals surface area contributed by atoms with E-state index in [9.17, 15) is 38.1 Å². The highest BCUT2D eigenvalue weighted by Gasteiger charge is 2.40. The molecule has 0 saturated carbocycles. The summed E-state index contributed by atoms with van der Waals surface area (Å²) in [6.07, 6.45) is 17.4. The van der Waals surface area contributed by atoms with Crippen LogP contribution in [0.1, 0.15) is 145 Å². The molecule has 2 amide bonds. The summed E-state index contributed by atoms with van der Waals surface area (Å²) in [4.78, 5) is 73.1. The van der Waals surface area contributed by atoms with Gasteiger partial charge in [-0.3, -0.25) is 39.6 Å². The van der Waals surface area contributed by atoms with Gasteiger partial charge in [-0.2, -0.15) is 55.1 Å². The fourth-order valence-corrected chi connectivity index (χ4v) is 23.7. The van der Waals surface area contributed by atoms with Crippen LogP contribution in [0.3, 0.4) is 0 Å². The minimum atomic E-state index is -4.42. The van der Waals surface area contributed by atoms with Gasteiger partial charge in [0.25, 0.3) is 0 Å². The first-order chi connectivity index (χ1) is 72.0. The number of anilines is 2. The number of aryl methyl sites for hydroxylation is 3. The van der Waals surface area contributed by atoms with Crippen molar-refractivity contribution in [1.82, 2.24) is 70.0 Å². The second-order valence-corrected chi connectivity index (χ2v) is 42.4. The number of hydrogen-bond donors (Lipinski definition) is 7. The van der Waals surface area contributed by atoms with Crippen LogP contribution in [0.2, 0.25) is 10.0 Å². The van der Waals surface area contributed by atoms with Crippen molar-refractivity contribution in [2.75, 3.05) is 58.5 Å². The Morgan fingerprint density at radius 1 is 0.523 bits per heavy atom. The van der Waals surface area contributed by atoms with Crippen molar-refractivity contribution in [1.29, 1.82) is 0 Å². The molecule has 18 aromatic rings. The number of halogens is 5. The normalized spacial score (nSPS) is 13.8. The highest BCUT2D eigenvalue weighted by atomic mass is 35.5. The quantitative estimate of drug-likeness (QED) is 0.0235. The molecule has 0 spiro atoms. The zero-order valence-corrected chi connectivity index (χ0v) is 88.0. The van der Waals surface area contributed by atoms with Crippen LogP contribution in [-0.4, -0.2) is 175 Å². The van der Waals surface area contributed by atoms with Gasteiger partial charge >= 0.3 is 6.18 Å². The Labute approximate surface area is 889 Å². The molecule has 1 saturated heterocycles. The first-order valence-corrected chi connectivity index (χ1v) is 52.3. The van der Waals surface area contributed by atoms with Crippen molar-refractivity contribution >= 4 is 144 Å². The molecule has 149 heavy (non-hydrogen) atoms. The average Bonchev–Trinajstić information content (AvgIpc) is 1.62. The van der Waals surface area contributed by atoms with Crippen molar-refractivity contribution in [3.8, 4) is 73.6 Å². The number of aliphatic hydroxyl groups is 3. The van der Waals surface area contributed by atoms with E-state index in [0.717, 1.165) is 178 Å². The van der Waals surface area contributed by atoms with Crippen LogP contribution in [0, 0.1) is 27.3 Å². The SMILES string of the molecule is CC(=O)Nc1cc(-c2cc(C(O)(CCCN(C)C)c3ccc(Cl)cc3)c(-c3ncn[nH]3)s2)ccn1.CC(=O)Nc1cc(-c2cc(C(c3ccc(Cl)cc3)N3CC(N(C)C)C3)c(-c3ncn[nH]3)s2)ccn1.Cc1ccc(C(O)c2cc(-c3ccncc3)sc2C2=NN=CC2)c(C)c1.OC(c1ccc(C(F)(F)F)cc1)c1cc(-c2ccncc2)sc1C1=NN=CC1.[C-]#[N+]c1c(-c2ccncc2)sc(C)c1Cc1ccc2ccccc2c1. The molecule has 1 fully saturated rings. The highest BCUT2D eigenvalue weighted by Crippen LogP contribution is 2.51. The van der Waals surface area contributed by atoms with E-state index in [0.29, 0.717) is 63.9 Å². The molecule has 15 heterocycles. The van der Waals surface area contributed by atoms with Crippen molar-refractivity contribution in [3.63, 3.8) is 0 Å². The Bertz CT molecular complexity index is 7890. The summed E-state index contributed by atoms with van der Waals surface area (Å²) in [7, 11) is 8.27. The van der Waals surface area contributed by atoms with Crippen LogP contribution in [-0.2, 0) is 27.8 Å². The molecule has 26 nitrogen and oxygen atoms in total. The van der Waals surface area contributed by atoms with Crippen LogP contribution in [0.25, 0.3) is 89.2 Å². The van der Waals surface area contributed by atoms with Crippen LogP contribution >= 0.6 is 79.9 Å². The topological polar surface area (TPSA) is 330 Å². The van der Waals surface area contributed by atoms with Gasteiger partial charge in [0.2, 0.25) is 17.5 Å². The molecule has 3 aliphatic heterocycles. The number of nitrogens with one attached hydrogen (secondary N) is 4.